The molecule has 0 aromatic carbocycles. The number of aliphatic carboxylic acids is 1. The zero-order valence-electron chi connectivity index (χ0n) is 6.66. The molecule has 0 fully saturated rings. The van der Waals surface area contributed by atoms with E-state index in [9.17, 15) is 4.79 Å². The van der Waals surface area contributed by atoms with Gasteiger partial charge in [-0.1, -0.05) is 0 Å². The number of hydrogen-bond donors (Lipinski definition) is 2. The number of hydrogen-bond acceptors (Lipinski definition) is 3. The van der Waals surface area contributed by atoms with Crippen molar-refractivity contribution in [1.29, 1.82) is 0 Å². The second kappa shape index (κ2) is 2.54. The summed E-state index contributed by atoms with van der Waals surface area (Å²) in [7, 11) is 1.85. The third kappa shape index (κ3) is 1.21. The first-order valence-electron chi connectivity index (χ1n) is 3.46. The molecule has 1 aliphatic heterocycles. The predicted molar refractivity (Wildman–Crippen MR) is 40.9 cm³/mol. The van der Waals surface area contributed by atoms with Crippen LogP contribution in [-0.2, 0) is 4.79 Å². The second-order valence-corrected chi connectivity index (χ2v) is 2.83. The highest BCUT2D eigenvalue weighted by atomic mass is 16.4. The minimum Gasteiger partial charge on any atom is -0.478 e. The molecule has 0 bridgehead atoms. The highest BCUT2D eigenvalue weighted by Crippen LogP contribution is 2.18. The van der Waals surface area contributed by atoms with Gasteiger partial charge >= 0.3 is 5.97 Å². The summed E-state index contributed by atoms with van der Waals surface area (Å²) in [6, 6.07) is 0.0566. The van der Waals surface area contributed by atoms with Gasteiger partial charge in [-0.15, -0.1) is 0 Å². The van der Waals surface area contributed by atoms with Crippen LogP contribution in [0.15, 0.2) is 11.3 Å². The molecule has 0 amide bonds. The van der Waals surface area contributed by atoms with E-state index in [1.54, 1.807) is 0 Å². The zero-order valence-corrected chi connectivity index (χ0v) is 6.66. The van der Waals surface area contributed by atoms with Gasteiger partial charge in [-0.2, -0.15) is 0 Å². The van der Waals surface area contributed by atoms with E-state index >= 15 is 0 Å². The summed E-state index contributed by atoms with van der Waals surface area (Å²) in [6.07, 6.45) is 0. The summed E-state index contributed by atoms with van der Waals surface area (Å²) >= 11 is 0. The third-order valence-corrected chi connectivity index (χ3v) is 2.13. The number of carboxylic acids is 1. The summed E-state index contributed by atoms with van der Waals surface area (Å²) < 4.78 is 0. The lowest BCUT2D eigenvalue weighted by Crippen LogP contribution is -2.27. The van der Waals surface area contributed by atoms with E-state index in [4.69, 9.17) is 10.8 Å². The van der Waals surface area contributed by atoms with Gasteiger partial charge in [-0.3, -0.25) is 4.90 Å². The minimum atomic E-state index is -0.904. The molecule has 0 aromatic heterocycles. The summed E-state index contributed by atoms with van der Waals surface area (Å²) in [4.78, 5) is 12.4. The molecule has 0 spiro atoms. The monoisotopic (exact) mass is 156 g/mol. The number of nitrogens with two attached hydrogens (primary N) is 1. The average Bonchev–Trinajstić information content (AvgIpc) is 2.17. The van der Waals surface area contributed by atoms with E-state index in [2.05, 4.69) is 0 Å². The van der Waals surface area contributed by atoms with Gasteiger partial charge < -0.3 is 10.8 Å². The Morgan fingerprint density at radius 2 is 2.36 bits per heavy atom. The fraction of sp³-hybridized carbons (Fsp3) is 0.571. The highest BCUT2D eigenvalue weighted by Gasteiger charge is 2.28. The number of carbonyl (C=O) groups is 1. The minimum absolute atomic E-state index is 0.0566. The third-order valence-electron chi connectivity index (χ3n) is 2.13. The summed E-state index contributed by atoms with van der Waals surface area (Å²) in [5, 5.41) is 8.65. The first-order valence-corrected chi connectivity index (χ1v) is 3.46. The van der Waals surface area contributed by atoms with Crippen molar-refractivity contribution in [2.75, 3.05) is 13.6 Å². The van der Waals surface area contributed by atoms with E-state index in [-0.39, 0.29) is 6.04 Å². The van der Waals surface area contributed by atoms with Crippen LogP contribution in [0.2, 0.25) is 0 Å². The smallest absolute Gasteiger partial charge is 0.334 e. The van der Waals surface area contributed by atoms with Gasteiger partial charge in [0.25, 0.3) is 0 Å². The van der Waals surface area contributed by atoms with Gasteiger partial charge in [-0.05, 0) is 14.0 Å². The van der Waals surface area contributed by atoms with Gasteiger partial charge in [0, 0.05) is 18.3 Å². The van der Waals surface area contributed by atoms with Crippen LogP contribution in [0.25, 0.3) is 0 Å². The van der Waals surface area contributed by atoms with Crippen molar-refractivity contribution < 1.29 is 9.90 Å². The SMILES string of the molecule is CC1C(N)=C(C(=O)O)CN1C. The predicted octanol–water partition coefficient (Wildman–Crippen LogP) is -0.382. The van der Waals surface area contributed by atoms with Crippen molar-refractivity contribution in [2.45, 2.75) is 13.0 Å². The Balaban J connectivity index is 2.89. The highest BCUT2D eigenvalue weighted by molar-refractivity contribution is 5.88. The normalized spacial score (nSPS) is 26.2. The van der Waals surface area contributed by atoms with E-state index < -0.39 is 5.97 Å². The molecule has 3 N–H and O–H groups in total. The van der Waals surface area contributed by atoms with Crippen molar-refractivity contribution in [1.82, 2.24) is 4.90 Å². The molecular weight excluding hydrogens is 144 g/mol. The van der Waals surface area contributed by atoms with E-state index in [0.29, 0.717) is 17.8 Å². The quantitative estimate of drug-likeness (QED) is 0.543. The lowest BCUT2D eigenvalue weighted by Gasteiger charge is -2.14. The lowest BCUT2D eigenvalue weighted by atomic mass is 10.2. The van der Waals surface area contributed by atoms with Crippen LogP contribution in [0.1, 0.15) is 6.92 Å². The molecule has 1 rings (SSSR count). The molecule has 1 unspecified atom stereocenters. The van der Waals surface area contributed by atoms with Crippen LogP contribution >= 0.6 is 0 Å². The molecule has 4 nitrogen and oxygen atoms in total. The van der Waals surface area contributed by atoms with Crippen LogP contribution in [0.3, 0.4) is 0 Å². The topological polar surface area (TPSA) is 66.6 Å². The average molecular weight is 156 g/mol. The van der Waals surface area contributed by atoms with Crippen LogP contribution in [0.5, 0.6) is 0 Å². The summed E-state index contributed by atoms with van der Waals surface area (Å²) in [5.41, 5.74) is 6.39. The van der Waals surface area contributed by atoms with Crippen molar-refractivity contribution in [3.8, 4) is 0 Å². The molecule has 0 aromatic rings. The van der Waals surface area contributed by atoms with Gasteiger partial charge in [0.2, 0.25) is 0 Å². The maximum Gasteiger partial charge on any atom is 0.334 e. The molecule has 0 radical (unpaired) electrons. The summed E-state index contributed by atoms with van der Waals surface area (Å²) in [5.74, 6) is -0.904. The fourth-order valence-corrected chi connectivity index (χ4v) is 1.16. The first kappa shape index (κ1) is 8.07. The molecular formula is C7H12N2O2. The molecule has 4 heteroatoms. The van der Waals surface area contributed by atoms with Gasteiger partial charge in [0.1, 0.15) is 0 Å². The van der Waals surface area contributed by atoms with E-state index in [0.717, 1.165) is 0 Å². The molecule has 1 atom stereocenters. The van der Waals surface area contributed by atoms with Crippen molar-refractivity contribution >= 4 is 5.97 Å². The number of carboxylic acid groups (broad SMARTS) is 1. The Hall–Kier alpha value is -1.03. The molecule has 1 heterocycles. The van der Waals surface area contributed by atoms with Crippen molar-refractivity contribution in [3.63, 3.8) is 0 Å². The van der Waals surface area contributed by atoms with E-state index in [1.807, 2.05) is 18.9 Å². The number of nitrogens with zero attached hydrogens (tertiary/aromatic N) is 1. The molecule has 0 aliphatic carbocycles. The Morgan fingerprint density at radius 3 is 2.55 bits per heavy atom. The largest absolute Gasteiger partial charge is 0.478 e. The maximum atomic E-state index is 10.5. The Morgan fingerprint density at radius 1 is 1.82 bits per heavy atom. The standard InChI is InChI=1S/C7H12N2O2/c1-4-6(8)5(7(10)11)3-9(4)2/h4H,3,8H2,1-2H3,(H,10,11). The molecule has 11 heavy (non-hydrogen) atoms. The molecule has 62 valence electrons. The number of rotatable bonds is 1. The zero-order chi connectivity index (χ0) is 8.59. The molecule has 0 saturated carbocycles. The van der Waals surface area contributed by atoms with Gasteiger partial charge in [-0.25, -0.2) is 4.79 Å². The van der Waals surface area contributed by atoms with Gasteiger partial charge in [0.05, 0.1) is 5.57 Å². The van der Waals surface area contributed by atoms with E-state index in [1.165, 1.54) is 0 Å². The maximum absolute atomic E-state index is 10.5. The Kier molecular flexibility index (Phi) is 1.87. The molecule has 1 aliphatic rings. The fourth-order valence-electron chi connectivity index (χ4n) is 1.16. The van der Waals surface area contributed by atoms with Gasteiger partial charge in [0.15, 0.2) is 0 Å². The summed E-state index contributed by atoms with van der Waals surface area (Å²) in [6.45, 7) is 2.34. The lowest BCUT2D eigenvalue weighted by molar-refractivity contribution is -0.132. The van der Waals surface area contributed by atoms with Crippen LogP contribution in [0, 0.1) is 0 Å². The van der Waals surface area contributed by atoms with Crippen molar-refractivity contribution in [2.24, 2.45) is 5.73 Å². The second-order valence-electron chi connectivity index (χ2n) is 2.83. The Labute approximate surface area is 65.3 Å². The van der Waals surface area contributed by atoms with Crippen LogP contribution in [-0.4, -0.2) is 35.6 Å². The molecule has 0 saturated heterocycles. The Bertz CT molecular complexity index is 222. The van der Waals surface area contributed by atoms with Crippen LogP contribution in [0.4, 0.5) is 0 Å². The number of likely N-dealkylation sites (N-methyl/N-ethyl adjacent to an activating group) is 1. The van der Waals surface area contributed by atoms with Crippen molar-refractivity contribution in [3.05, 3.63) is 11.3 Å². The van der Waals surface area contributed by atoms with Crippen LogP contribution < -0.4 is 5.73 Å². The first-order chi connectivity index (χ1) is 5.04.